The molecule has 0 bridgehead atoms. The average molecular weight is 281 g/mol. The number of imide groups is 1. The number of halogens is 2. The summed E-state index contributed by atoms with van der Waals surface area (Å²) in [7, 11) is 0. The Labute approximate surface area is 96.9 Å². The number of hydrogen-bond acceptors (Lipinski definition) is 2. The Balaban J connectivity index is 0.000000810. The van der Waals surface area contributed by atoms with Crippen LogP contribution in [0.4, 0.5) is 4.79 Å². The van der Waals surface area contributed by atoms with Crippen LogP contribution < -0.4 is 0 Å². The van der Waals surface area contributed by atoms with Gasteiger partial charge in [-0.05, 0) is 0 Å². The molecule has 3 amide bonds. The summed E-state index contributed by atoms with van der Waals surface area (Å²) >= 11 is 5.65. The predicted octanol–water partition coefficient (Wildman–Crippen LogP) is 0.490. The predicted molar refractivity (Wildman–Crippen MR) is 42.6 cm³/mol. The number of nitrogens with zero attached hydrogens (tertiary/aromatic N) is 2. The molecule has 0 aromatic carbocycles. The molecule has 4 nitrogen and oxygen atoms in total. The molecule has 51 valence electrons. The van der Waals surface area contributed by atoms with E-state index in [1.54, 1.807) is 0 Å². The fourth-order valence-electron chi connectivity index (χ4n) is 0.450. The topological polar surface area (TPSA) is 40.6 Å². The zero-order valence-electron chi connectivity index (χ0n) is 5.17. The van der Waals surface area contributed by atoms with E-state index < -0.39 is 0 Å². The summed E-state index contributed by atoms with van der Waals surface area (Å²) in [4.78, 5) is 21.2. The summed E-state index contributed by atoms with van der Waals surface area (Å²) in [5, 5.41) is 0. The number of carbonyl (C=O) groups excluding carboxylic acids is 2. The van der Waals surface area contributed by atoms with Gasteiger partial charge in [-0.3, -0.25) is 4.79 Å². The van der Waals surface area contributed by atoms with Crippen LogP contribution in [0.5, 0.6) is 0 Å². The molecular formula is C3H2Br2N2NaO2. The van der Waals surface area contributed by atoms with Crippen molar-refractivity contribution in [2.75, 3.05) is 6.54 Å². The first-order valence-corrected chi connectivity index (χ1v) is 3.51. The van der Waals surface area contributed by atoms with E-state index in [1.165, 1.54) is 0 Å². The molecule has 1 heterocycles. The minimum Gasteiger partial charge on any atom is -0.271 e. The summed E-state index contributed by atoms with van der Waals surface area (Å²) in [6.45, 7) is 0.0874. The molecule has 0 atom stereocenters. The van der Waals surface area contributed by atoms with E-state index in [1.807, 2.05) is 0 Å². The molecule has 10 heavy (non-hydrogen) atoms. The third-order valence-electron chi connectivity index (χ3n) is 0.869. The number of urea groups is 1. The first kappa shape index (κ1) is 10.9. The van der Waals surface area contributed by atoms with Crippen LogP contribution >= 0.6 is 32.3 Å². The second kappa shape index (κ2) is 4.06. The second-order valence-corrected chi connectivity index (χ2v) is 3.04. The quantitative estimate of drug-likeness (QED) is 0.368. The van der Waals surface area contributed by atoms with Crippen molar-refractivity contribution in [1.29, 1.82) is 0 Å². The van der Waals surface area contributed by atoms with Crippen molar-refractivity contribution in [3.05, 3.63) is 0 Å². The summed E-state index contributed by atoms with van der Waals surface area (Å²) in [6, 6.07) is -0.389. The molecule has 0 aromatic heterocycles. The average Bonchev–Trinajstić information content (AvgIpc) is 1.98. The van der Waals surface area contributed by atoms with Crippen molar-refractivity contribution in [3.8, 4) is 0 Å². The number of hydrogen-bond donors (Lipinski definition) is 0. The first-order valence-electron chi connectivity index (χ1n) is 2.09. The largest absolute Gasteiger partial charge is 0.347 e. The fraction of sp³-hybridized carbons (Fsp3) is 0.333. The minimum absolute atomic E-state index is 0. The van der Waals surface area contributed by atoms with E-state index in [4.69, 9.17) is 0 Å². The molecule has 1 aliphatic rings. The van der Waals surface area contributed by atoms with Crippen molar-refractivity contribution in [2.45, 2.75) is 0 Å². The smallest absolute Gasteiger partial charge is 0.271 e. The molecule has 7 heteroatoms. The van der Waals surface area contributed by atoms with Crippen molar-refractivity contribution in [2.24, 2.45) is 0 Å². The number of amides is 3. The van der Waals surface area contributed by atoms with Crippen LogP contribution in [0.25, 0.3) is 0 Å². The van der Waals surface area contributed by atoms with Gasteiger partial charge < -0.3 is 0 Å². The normalized spacial score (nSPS) is 17.8. The number of carbonyl (C=O) groups is 2. The van der Waals surface area contributed by atoms with Gasteiger partial charge in [-0.1, -0.05) is 0 Å². The van der Waals surface area contributed by atoms with Crippen LogP contribution in [0.1, 0.15) is 0 Å². The molecule has 0 unspecified atom stereocenters. The van der Waals surface area contributed by atoms with E-state index >= 15 is 0 Å². The molecule has 0 aromatic rings. The Hall–Kier alpha value is 0.900. The minimum atomic E-state index is -0.389. The van der Waals surface area contributed by atoms with Crippen LogP contribution in [0.2, 0.25) is 0 Å². The Morgan fingerprint density at radius 2 is 1.80 bits per heavy atom. The summed E-state index contributed by atoms with van der Waals surface area (Å²) < 4.78 is 2.02. The van der Waals surface area contributed by atoms with Crippen LogP contribution in [-0.2, 0) is 4.79 Å². The maximum Gasteiger partial charge on any atom is 0.347 e. The molecule has 1 radical (unpaired) electrons. The third-order valence-corrected chi connectivity index (χ3v) is 2.12. The maximum absolute atomic E-state index is 10.7. The third kappa shape index (κ3) is 1.94. The summed E-state index contributed by atoms with van der Waals surface area (Å²) in [5.41, 5.74) is 0. The van der Waals surface area contributed by atoms with Gasteiger partial charge >= 0.3 is 6.03 Å². The van der Waals surface area contributed by atoms with Crippen LogP contribution in [0.3, 0.4) is 0 Å². The Morgan fingerprint density at radius 3 is 1.90 bits per heavy atom. The van der Waals surface area contributed by atoms with E-state index in [0.29, 0.717) is 0 Å². The van der Waals surface area contributed by atoms with Crippen LogP contribution in [0.15, 0.2) is 0 Å². The molecule has 0 N–H and O–H groups in total. The molecule has 0 spiro atoms. The van der Waals surface area contributed by atoms with Gasteiger partial charge in [0.2, 0.25) is 0 Å². The zero-order valence-corrected chi connectivity index (χ0v) is 10.3. The fourth-order valence-corrected chi connectivity index (χ4v) is 1.34. The van der Waals surface area contributed by atoms with Gasteiger partial charge in [0.25, 0.3) is 5.91 Å². The summed E-state index contributed by atoms with van der Waals surface area (Å²) in [6.07, 6.45) is 0. The van der Waals surface area contributed by atoms with Crippen molar-refractivity contribution >= 4 is 73.8 Å². The molecule has 1 saturated heterocycles. The molecule has 1 fully saturated rings. The number of rotatable bonds is 0. The maximum atomic E-state index is 10.7. The molecule has 1 aliphatic heterocycles. The van der Waals surface area contributed by atoms with Gasteiger partial charge in [0.15, 0.2) is 0 Å². The molecule has 0 saturated carbocycles. The van der Waals surface area contributed by atoms with E-state index in [-0.39, 0.29) is 48.0 Å². The van der Waals surface area contributed by atoms with E-state index in [0.717, 1.165) is 7.85 Å². The molecular weight excluding hydrogens is 279 g/mol. The molecule has 0 aliphatic carbocycles. The van der Waals surface area contributed by atoms with Gasteiger partial charge in [0.1, 0.15) is 6.54 Å². The van der Waals surface area contributed by atoms with Gasteiger partial charge in [-0.15, -0.1) is 0 Å². The second-order valence-electron chi connectivity index (χ2n) is 1.48. The zero-order chi connectivity index (χ0) is 7.02. The van der Waals surface area contributed by atoms with Crippen LogP contribution in [-0.4, -0.2) is 55.9 Å². The molecule has 1 rings (SSSR count). The monoisotopic (exact) mass is 279 g/mol. The standard InChI is InChI=1S/C3H2Br2N2O2.Na/c4-6-1-2(8)7(5)3(6)9;/h1H2;. The van der Waals surface area contributed by atoms with Gasteiger partial charge in [-0.25, -0.2) is 8.72 Å². The van der Waals surface area contributed by atoms with Gasteiger partial charge in [0.05, 0.1) is 32.3 Å². The van der Waals surface area contributed by atoms with E-state index in [9.17, 15) is 9.59 Å². The van der Waals surface area contributed by atoms with Crippen molar-refractivity contribution in [3.63, 3.8) is 0 Å². The van der Waals surface area contributed by atoms with Gasteiger partial charge in [-0.2, -0.15) is 3.93 Å². The van der Waals surface area contributed by atoms with Crippen molar-refractivity contribution < 1.29 is 9.59 Å². The summed E-state index contributed by atoms with van der Waals surface area (Å²) in [5.74, 6) is -0.267. The van der Waals surface area contributed by atoms with E-state index in [2.05, 4.69) is 32.3 Å². The first-order chi connectivity index (χ1) is 4.13. The van der Waals surface area contributed by atoms with Crippen molar-refractivity contribution in [1.82, 2.24) is 7.85 Å². The van der Waals surface area contributed by atoms with Gasteiger partial charge in [0, 0.05) is 29.6 Å². The Bertz CT molecular complexity index is 176. The Kier molecular flexibility index (Phi) is 4.42. The SMILES string of the molecule is O=C1CN(Br)C(=O)N1Br.[Na]. The van der Waals surface area contributed by atoms with Crippen LogP contribution in [0, 0.1) is 0 Å². The Morgan fingerprint density at radius 1 is 1.30 bits per heavy atom.